The Labute approximate surface area is 162 Å². The first-order chi connectivity index (χ1) is 13.1. The van der Waals surface area contributed by atoms with Crippen LogP contribution >= 0.6 is 0 Å². The van der Waals surface area contributed by atoms with Crippen molar-refractivity contribution in [1.29, 1.82) is 0 Å². The normalized spacial score (nSPS) is 22.3. The molecule has 0 aliphatic carbocycles. The molecule has 2 amide bonds. The lowest BCUT2D eigenvalue weighted by Crippen LogP contribution is -2.44. The van der Waals surface area contributed by atoms with Crippen LogP contribution in [0.2, 0.25) is 0 Å². The predicted octanol–water partition coefficient (Wildman–Crippen LogP) is 2.57. The van der Waals surface area contributed by atoms with Crippen molar-refractivity contribution in [2.45, 2.75) is 45.6 Å². The number of piperidine rings is 2. The van der Waals surface area contributed by atoms with Gasteiger partial charge in [-0.1, -0.05) is 37.3 Å². The Morgan fingerprint density at radius 3 is 2.59 bits per heavy atom. The molecule has 2 saturated heterocycles. The number of amides is 2. The molecule has 27 heavy (non-hydrogen) atoms. The Hall–Kier alpha value is -1.88. The third-order valence-electron chi connectivity index (χ3n) is 6.16. The zero-order chi connectivity index (χ0) is 19.1. The number of hydrogen-bond acceptors (Lipinski definition) is 3. The maximum atomic E-state index is 12.6. The maximum Gasteiger partial charge on any atom is 0.223 e. The van der Waals surface area contributed by atoms with Crippen molar-refractivity contribution in [3.8, 4) is 0 Å². The Morgan fingerprint density at radius 2 is 1.93 bits per heavy atom. The first kappa shape index (κ1) is 19.9. The van der Waals surface area contributed by atoms with E-state index in [1.54, 1.807) is 0 Å². The molecule has 2 unspecified atom stereocenters. The van der Waals surface area contributed by atoms with Gasteiger partial charge in [-0.15, -0.1) is 0 Å². The fourth-order valence-electron chi connectivity index (χ4n) is 4.26. The SMILES string of the molecule is CC(CC(=O)N1CCC(C(=O)NCc2ccccc2)CC1)C1CCCNC1. The minimum Gasteiger partial charge on any atom is -0.352 e. The summed E-state index contributed by atoms with van der Waals surface area (Å²) in [6, 6.07) is 9.98. The molecule has 0 aromatic heterocycles. The minimum atomic E-state index is 0.0257. The van der Waals surface area contributed by atoms with Gasteiger partial charge in [-0.25, -0.2) is 0 Å². The molecule has 0 radical (unpaired) electrons. The summed E-state index contributed by atoms with van der Waals surface area (Å²) in [4.78, 5) is 27.0. The summed E-state index contributed by atoms with van der Waals surface area (Å²) in [5.41, 5.74) is 1.12. The zero-order valence-electron chi connectivity index (χ0n) is 16.5. The Morgan fingerprint density at radius 1 is 1.19 bits per heavy atom. The second-order valence-electron chi connectivity index (χ2n) is 8.15. The number of hydrogen-bond donors (Lipinski definition) is 2. The maximum absolute atomic E-state index is 12.6. The fraction of sp³-hybridized carbons (Fsp3) is 0.636. The molecular formula is C22H33N3O2. The summed E-state index contributed by atoms with van der Waals surface area (Å²) >= 11 is 0. The molecule has 2 N–H and O–H groups in total. The van der Waals surface area contributed by atoms with E-state index in [2.05, 4.69) is 17.6 Å². The lowest BCUT2D eigenvalue weighted by molar-refractivity contribution is -0.136. The van der Waals surface area contributed by atoms with Crippen LogP contribution in [0.1, 0.15) is 44.6 Å². The molecule has 2 heterocycles. The van der Waals surface area contributed by atoms with Crippen molar-refractivity contribution >= 4 is 11.8 Å². The van der Waals surface area contributed by atoms with Gasteiger partial charge in [0, 0.05) is 32.0 Å². The van der Waals surface area contributed by atoms with Gasteiger partial charge in [-0.05, 0) is 56.2 Å². The smallest absolute Gasteiger partial charge is 0.223 e. The summed E-state index contributed by atoms with van der Waals surface area (Å²) in [6.45, 7) is 6.34. The van der Waals surface area contributed by atoms with Gasteiger partial charge in [0.25, 0.3) is 0 Å². The number of nitrogens with zero attached hydrogens (tertiary/aromatic N) is 1. The minimum absolute atomic E-state index is 0.0257. The largest absolute Gasteiger partial charge is 0.352 e. The molecule has 3 rings (SSSR count). The predicted molar refractivity (Wildman–Crippen MR) is 107 cm³/mol. The van der Waals surface area contributed by atoms with Gasteiger partial charge in [0.05, 0.1) is 0 Å². The second kappa shape index (κ2) is 9.88. The summed E-state index contributed by atoms with van der Waals surface area (Å²) in [5.74, 6) is 1.45. The molecule has 0 spiro atoms. The van der Waals surface area contributed by atoms with E-state index in [0.717, 1.165) is 31.5 Å². The number of likely N-dealkylation sites (tertiary alicyclic amines) is 1. The van der Waals surface area contributed by atoms with E-state index in [4.69, 9.17) is 0 Å². The summed E-state index contributed by atoms with van der Waals surface area (Å²) in [6.07, 6.45) is 4.62. The summed E-state index contributed by atoms with van der Waals surface area (Å²) in [7, 11) is 0. The zero-order valence-corrected chi connectivity index (χ0v) is 16.5. The van der Waals surface area contributed by atoms with Crippen LogP contribution < -0.4 is 10.6 Å². The first-order valence-electron chi connectivity index (χ1n) is 10.4. The van der Waals surface area contributed by atoms with Crippen molar-refractivity contribution in [2.75, 3.05) is 26.2 Å². The molecule has 0 bridgehead atoms. The molecule has 2 aliphatic heterocycles. The topological polar surface area (TPSA) is 61.4 Å². The molecule has 1 aromatic rings. The molecule has 5 heteroatoms. The third-order valence-corrected chi connectivity index (χ3v) is 6.16. The van der Waals surface area contributed by atoms with Crippen molar-refractivity contribution in [3.63, 3.8) is 0 Å². The van der Waals surface area contributed by atoms with Gasteiger partial charge >= 0.3 is 0 Å². The van der Waals surface area contributed by atoms with Crippen LogP contribution in [0.5, 0.6) is 0 Å². The Balaban J connectivity index is 1.38. The van der Waals surface area contributed by atoms with Crippen LogP contribution in [0, 0.1) is 17.8 Å². The Bertz CT molecular complexity index is 605. The highest BCUT2D eigenvalue weighted by Crippen LogP contribution is 2.25. The van der Waals surface area contributed by atoms with Gasteiger partial charge in [0.2, 0.25) is 11.8 Å². The van der Waals surface area contributed by atoms with Crippen LogP contribution in [0.4, 0.5) is 0 Å². The molecule has 1 aromatic carbocycles. The number of carbonyl (C=O) groups excluding carboxylic acids is 2. The van der Waals surface area contributed by atoms with Gasteiger partial charge in [0.1, 0.15) is 0 Å². The van der Waals surface area contributed by atoms with E-state index in [1.807, 2.05) is 35.2 Å². The highest BCUT2D eigenvalue weighted by Gasteiger charge is 2.29. The van der Waals surface area contributed by atoms with Crippen molar-refractivity contribution in [3.05, 3.63) is 35.9 Å². The van der Waals surface area contributed by atoms with E-state index < -0.39 is 0 Å². The molecule has 2 fully saturated rings. The average molecular weight is 372 g/mol. The van der Waals surface area contributed by atoms with Gasteiger partial charge in [-0.3, -0.25) is 9.59 Å². The number of benzene rings is 1. The highest BCUT2D eigenvalue weighted by molar-refractivity contribution is 5.80. The summed E-state index contributed by atoms with van der Waals surface area (Å²) in [5, 5.41) is 6.48. The monoisotopic (exact) mass is 371 g/mol. The quantitative estimate of drug-likeness (QED) is 0.808. The van der Waals surface area contributed by atoms with Gasteiger partial charge in [-0.2, -0.15) is 0 Å². The number of rotatable bonds is 6. The van der Waals surface area contributed by atoms with Crippen LogP contribution in [-0.4, -0.2) is 42.9 Å². The van der Waals surface area contributed by atoms with Crippen LogP contribution in [-0.2, 0) is 16.1 Å². The van der Waals surface area contributed by atoms with Crippen LogP contribution in [0.15, 0.2) is 30.3 Å². The van der Waals surface area contributed by atoms with Gasteiger partial charge in [0.15, 0.2) is 0 Å². The Kier molecular flexibility index (Phi) is 7.27. The highest BCUT2D eigenvalue weighted by atomic mass is 16.2. The third kappa shape index (κ3) is 5.80. The average Bonchev–Trinajstić information content (AvgIpc) is 2.73. The lowest BCUT2D eigenvalue weighted by atomic mass is 9.85. The molecule has 2 aliphatic rings. The molecule has 0 saturated carbocycles. The molecular weight excluding hydrogens is 338 g/mol. The lowest BCUT2D eigenvalue weighted by Gasteiger charge is -2.34. The van der Waals surface area contributed by atoms with E-state index >= 15 is 0 Å². The van der Waals surface area contributed by atoms with Crippen LogP contribution in [0.3, 0.4) is 0 Å². The molecule has 2 atom stereocenters. The second-order valence-corrected chi connectivity index (χ2v) is 8.15. The molecule has 148 valence electrons. The van der Waals surface area contributed by atoms with Crippen molar-refractivity contribution < 1.29 is 9.59 Å². The standard InChI is InChI=1S/C22H33N3O2/c1-17(20-8-5-11-23-16-20)14-21(26)25-12-9-19(10-13-25)22(27)24-15-18-6-3-2-4-7-18/h2-4,6-7,17,19-20,23H,5,8-16H2,1H3,(H,24,27). The van der Waals surface area contributed by atoms with E-state index in [9.17, 15) is 9.59 Å². The first-order valence-corrected chi connectivity index (χ1v) is 10.4. The summed E-state index contributed by atoms with van der Waals surface area (Å²) < 4.78 is 0. The van der Waals surface area contributed by atoms with Crippen molar-refractivity contribution in [1.82, 2.24) is 15.5 Å². The van der Waals surface area contributed by atoms with E-state index in [0.29, 0.717) is 37.9 Å². The van der Waals surface area contributed by atoms with E-state index in [1.165, 1.54) is 12.8 Å². The van der Waals surface area contributed by atoms with Crippen LogP contribution in [0.25, 0.3) is 0 Å². The van der Waals surface area contributed by atoms with E-state index in [-0.39, 0.29) is 17.7 Å². The van der Waals surface area contributed by atoms with Crippen molar-refractivity contribution in [2.24, 2.45) is 17.8 Å². The van der Waals surface area contributed by atoms with Gasteiger partial charge < -0.3 is 15.5 Å². The fourth-order valence-corrected chi connectivity index (χ4v) is 4.26. The molecule has 5 nitrogen and oxygen atoms in total. The number of nitrogens with one attached hydrogen (secondary N) is 2. The number of carbonyl (C=O) groups is 2.